The standard InChI is InChI=1S/C46H84NO10P/c1-3-5-7-9-11-13-15-17-19-21-22-23-25-27-29-31-33-35-37-44(49)47-43(46(51)52)41-57-58(53,54)56-40-42(48)39-55-45(50)38-36-34-32-30-28-26-24-20-18-16-14-12-10-8-6-4-2/h14,16,19-21,24,42-43,48H,3-13,15,17-18,22-23,25-41H2,1-2H3,(H,47,49)(H,51,52)(H,53,54)/b16-14-,21-19-,24-20-. The van der Waals surface area contributed by atoms with Gasteiger partial charge in [-0.1, -0.05) is 159 Å². The molecule has 0 aliphatic heterocycles. The van der Waals surface area contributed by atoms with E-state index in [9.17, 15) is 34.1 Å². The Morgan fingerprint density at radius 2 is 0.948 bits per heavy atom. The summed E-state index contributed by atoms with van der Waals surface area (Å²) in [4.78, 5) is 46.0. The molecule has 0 aromatic carbocycles. The van der Waals surface area contributed by atoms with Crippen molar-refractivity contribution in [2.45, 2.75) is 219 Å². The van der Waals surface area contributed by atoms with Gasteiger partial charge in [-0.2, -0.15) is 0 Å². The van der Waals surface area contributed by atoms with E-state index in [1.807, 2.05) is 0 Å². The number of aliphatic hydroxyl groups excluding tert-OH is 1. The molecule has 0 heterocycles. The van der Waals surface area contributed by atoms with Crippen LogP contribution in [0, 0.1) is 0 Å². The lowest BCUT2D eigenvalue weighted by Gasteiger charge is -2.18. The average molecular weight is 842 g/mol. The number of carboxylic acids is 1. The lowest BCUT2D eigenvalue weighted by Crippen LogP contribution is -2.43. The fourth-order valence-corrected chi connectivity index (χ4v) is 7.05. The zero-order chi connectivity index (χ0) is 42.8. The predicted molar refractivity (Wildman–Crippen MR) is 236 cm³/mol. The summed E-state index contributed by atoms with van der Waals surface area (Å²) in [6.45, 7) is 2.57. The molecule has 11 nitrogen and oxygen atoms in total. The van der Waals surface area contributed by atoms with Crippen LogP contribution in [0.15, 0.2) is 36.5 Å². The topological polar surface area (TPSA) is 169 Å². The number of rotatable bonds is 43. The van der Waals surface area contributed by atoms with Crippen molar-refractivity contribution in [2.24, 2.45) is 0 Å². The van der Waals surface area contributed by atoms with Crippen LogP contribution in [0.5, 0.6) is 0 Å². The monoisotopic (exact) mass is 842 g/mol. The molecule has 0 saturated heterocycles. The van der Waals surface area contributed by atoms with Crippen LogP contribution < -0.4 is 5.32 Å². The summed E-state index contributed by atoms with van der Waals surface area (Å²) in [7, 11) is -4.76. The van der Waals surface area contributed by atoms with Gasteiger partial charge in [0.15, 0.2) is 6.04 Å². The van der Waals surface area contributed by atoms with Crippen LogP contribution in [0.1, 0.15) is 206 Å². The molecule has 58 heavy (non-hydrogen) atoms. The van der Waals surface area contributed by atoms with Crippen LogP contribution in [0.4, 0.5) is 0 Å². The van der Waals surface area contributed by atoms with E-state index in [-0.39, 0.29) is 12.8 Å². The number of carbonyl (C=O) groups excluding carboxylic acids is 2. The summed E-state index contributed by atoms with van der Waals surface area (Å²) in [6, 6.07) is -1.55. The molecule has 0 aromatic rings. The molecular formula is C46H84NO10P. The second-order valence-corrected chi connectivity index (χ2v) is 17.0. The van der Waals surface area contributed by atoms with E-state index in [0.717, 1.165) is 70.6 Å². The van der Waals surface area contributed by atoms with Gasteiger partial charge in [0.2, 0.25) is 5.91 Å². The number of nitrogens with one attached hydrogen (secondary N) is 1. The number of amides is 1. The first-order valence-electron chi connectivity index (χ1n) is 23.0. The van der Waals surface area contributed by atoms with Crippen molar-refractivity contribution in [3.05, 3.63) is 36.5 Å². The highest BCUT2D eigenvalue weighted by Crippen LogP contribution is 2.43. The molecule has 0 aliphatic rings. The summed E-state index contributed by atoms with van der Waals surface area (Å²) in [5.74, 6) is -2.39. The van der Waals surface area contributed by atoms with E-state index in [1.165, 1.54) is 96.3 Å². The molecular weight excluding hydrogens is 757 g/mol. The van der Waals surface area contributed by atoms with Crippen LogP contribution in [-0.2, 0) is 32.7 Å². The molecule has 3 atom stereocenters. The van der Waals surface area contributed by atoms with E-state index in [0.29, 0.717) is 12.8 Å². The molecule has 0 aliphatic carbocycles. The smallest absolute Gasteiger partial charge is 0.472 e. The maximum absolute atomic E-state index is 12.3. The largest absolute Gasteiger partial charge is 0.480 e. The van der Waals surface area contributed by atoms with Gasteiger partial charge in [0.25, 0.3) is 0 Å². The Bertz CT molecular complexity index is 1130. The number of phosphoric ester groups is 1. The van der Waals surface area contributed by atoms with Gasteiger partial charge in [-0.05, 0) is 70.6 Å². The number of allylic oxidation sites excluding steroid dienone is 6. The fraction of sp³-hybridized carbons (Fsp3) is 0.804. The molecule has 0 aromatic heterocycles. The number of esters is 1. The first kappa shape index (κ1) is 55.7. The number of hydrogen-bond acceptors (Lipinski definition) is 8. The third-order valence-electron chi connectivity index (χ3n) is 9.90. The van der Waals surface area contributed by atoms with Crippen LogP contribution in [-0.4, -0.2) is 64.9 Å². The Morgan fingerprint density at radius 1 is 0.552 bits per heavy atom. The molecule has 0 spiro atoms. The van der Waals surface area contributed by atoms with E-state index < -0.39 is 57.6 Å². The minimum absolute atomic E-state index is 0.140. The van der Waals surface area contributed by atoms with Crippen molar-refractivity contribution in [1.29, 1.82) is 0 Å². The zero-order valence-corrected chi connectivity index (χ0v) is 37.5. The molecule has 3 unspecified atom stereocenters. The third-order valence-corrected chi connectivity index (χ3v) is 10.9. The second-order valence-electron chi connectivity index (χ2n) is 15.6. The van der Waals surface area contributed by atoms with Gasteiger partial charge < -0.3 is 25.2 Å². The Kier molecular flexibility index (Phi) is 39.8. The summed E-state index contributed by atoms with van der Waals surface area (Å²) >= 11 is 0. The number of phosphoric acid groups is 1. The minimum atomic E-state index is -4.76. The number of carboxylic acid groups (broad SMARTS) is 1. The van der Waals surface area contributed by atoms with E-state index >= 15 is 0 Å². The van der Waals surface area contributed by atoms with E-state index in [4.69, 9.17) is 13.8 Å². The maximum Gasteiger partial charge on any atom is 0.472 e. The summed E-state index contributed by atoms with van der Waals surface area (Å²) in [5.41, 5.74) is 0. The molecule has 0 rings (SSSR count). The first-order chi connectivity index (χ1) is 28.1. The van der Waals surface area contributed by atoms with E-state index in [1.54, 1.807) is 0 Å². The van der Waals surface area contributed by atoms with Gasteiger partial charge in [-0.3, -0.25) is 18.6 Å². The average Bonchev–Trinajstić information content (AvgIpc) is 3.20. The number of hydrogen-bond donors (Lipinski definition) is 4. The molecule has 0 fully saturated rings. The lowest BCUT2D eigenvalue weighted by atomic mass is 10.1. The Morgan fingerprint density at radius 3 is 1.43 bits per heavy atom. The molecule has 12 heteroatoms. The normalized spacial score (nSPS) is 14.0. The third kappa shape index (κ3) is 40.5. The van der Waals surface area contributed by atoms with Crippen LogP contribution in [0.2, 0.25) is 0 Å². The predicted octanol–water partition coefficient (Wildman–Crippen LogP) is 12.0. The van der Waals surface area contributed by atoms with Crippen molar-refractivity contribution in [3.63, 3.8) is 0 Å². The van der Waals surface area contributed by atoms with Gasteiger partial charge in [-0.25, -0.2) is 9.36 Å². The van der Waals surface area contributed by atoms with Gasteiger partial charge in [-0.15, -0.1) is 0 Å². The summed E-state index contributed by atoms with van der Waals surface area (Å²) in [6.07, 6.45) is 44.5. The van der Waals surface area contributed by atoms with Crippen LogP contribution in [0.3, 0.4) is 0 Å². The highest BCUT2D eigenvalue weighted by Gasteiger charge is 2.28. The second kappa shape index (κ2) is 41.4. The molecule has 0 saturated carbocycles. The number of aliphatic hydroxyl groups is 1. The number of unbranched alkanes of at least 4 members (excludes halogenated alkanes) is 23. The lowest BCUT2D eigenvalue weighted by molar-refractivity contribution is -0.147. The van der Waals surface area contributed by atoms with Gasteiger partial charge in [0, 0.05) is 12.8 Å². The van der Waals surface area contributed by atoms with Gasteiger partial charge in [0.05, 0.1) is 13.2 Å². The molecule has 0 bridgehead atoms. The van der Waals surface area contributed by atoms with Gasteiger partial charge >= 0.3 is 19.8 Å². The minimum Gasteiger partial charge on any atom is -0.480 e. The number of aliphatic carboxylic acids is 1. The van der Waals surface area contributed by atoms with Crippen LogP contribution in [0.25, 0.3) is 0 Å². The van der Waals surface area contributed by atoms with Crippen LogP contribution >= 0.6 is 7.82 Å². The summed E-state index contributed by atoms with van der Waals surface area (Å²) < 4.78 is 26.8. The number of carbonyl (C=O) groups is 3. The SMILES string of the molecule is CCCCCC/C=C\C/C=C\CCCCCCCC(=O)OCC(O)COP(=O)(O)OCC(NC(=O)CCCCCCCCC/C=C\CCCCCCCCC)C(=O)O. The maximum atomic E-state index is 12.3. The molecule has 338 valence electrons. The first-order valence-corrected chi connectivity index (χ1v) is 24.5. The number of ether oxygens (including phenoxy) is 1. The molecule has 4 N–H and O–H groups in total. The van der Waals surface area contributed by atoms with Crippen molar-refractivity contribution in [1.82, 2.24) is 5.32 Å². The summed E-state index contributed by atoms with van der Waals surface area (Å²) in [5, 5.41) is 21.8. The van der Waals surface area contributed by atoms with Gasteiger partial charge in [0.1, 0.15) is 12.7 Å². The Labute approximate surface area is 352 Å². The highest BCUT2D eigenvalue weighted by molar-refractivity contribution is 7.47. The van der Waals surface area contributed by atoms with Crippen molar-refractivity contribution < 1.29 is 47.8 Å². The Hall–Kier alpha value is -2.30. The highest BCUT2D eigenvalue weighted by atomic mass is 31.2. The van der Waals surface area contributed by atoms with Crippen molar-refractivity contribution in [3.8, 4) is 0 Å². The van der Waals surface area contributed by atoms with E-state index in [2.05, 4.69) is 55.6 Å². The zero-order valence-electron chi connectivity index (χ0n) is 36.6. The molecule has 1 amide bonds. The van der Waals surface area contributed by atoms with Crippen molar-refractivity contribution >= 4 is 25.7 Å². The quantitative estimate of drug-likeness (QED) is 0.0201. The van der Waals surface area contributed by atoms with Crippen molar-refractivity contribution in [2.75, 3.05) is 19.8 Å². The fourth-order valence-electron chi connectivity index (χ4n) is 6.28. The Balaban J connectivity index is 3.91. The molecule has 0 radical (unpaired) electrons.